The molecule has 0 bridgehead atoms. The van der Waals surface area contributed by atoms with Gasteiger partial charge in [-0.15, -0.1) is 21.5 Å². The van der Waals surface area contributed by atoms with E-state index in [0.717, 1.165) is 36.6 Å². The van der Waals surface area contributed by atoms with Crippen molar-refractivity contribution in [3.05, 3.63) is 17.5 Å². The predicted molar refractivity (Wildman–Crippen MR) is 62.3 cm³/mol. The van der Waals surface area contributed by atoms with Crippen LogP contribution in [0.15, 0.2) is 17.5 Å². The molecule has 2 aromatic heterocycles. The van der Waals surface area contributed by atoms with E-state index in [0.29, 0.717) is 6.04 Å². The number of hydrogen-bond acceptors (Lipinski definition) is 5. The fourth-order valence-corrected chi connectivity index (χ4v) is 2.57. The second-order valence-electron chi connectivity index (χ2n) is 3.89. The molecule has 1 aliphatic rings. The maximum absolute atomic E-state index is 4.45. The Morgan fingerprint density at radius 1 is 1.38 bits per heavy atom. The van der Waals surface area contributed by atoms with Crippen LogP contribution in [0.25, 0.3) is 10.7 Å². The molecule has 6 heteroatoms. The SMILES string of the molecule is c1csc(-c2nnn(C3CCNCC3)n2)c1. The number of nitrogens with zero attached hydrogens (tertiary/aromatic N) is 4. The lowest BCUT2D eigenvalue weighted by Gasteiger charge is -2.20. The van der Waals surface area contributed by atoms with Crippen molar-refractivity contribution < 1.29 is 0 Å². The van der Waals surface area contributed by atoms with Crippen LogP contribution < -0.4 is 5.32 Å². The molecule has 1 saturated heterocycles. The number of aromatic nitrogens is 4. The summed E-state index contributed by atoms with van der Waals surface area (Å²) in [4.78, 5) is 2.86. The van der Waals surface area contributed by atoms with E-state index in [1.807, 2.05) is 17.5 Å². The third-order valence-corrected chi connectivity index (χ3v) is 3.67. The number of thiophene rings is 1. The van der Waals surface area contributed by atoms with Gasteiger partial charge >= 0.3 is 0 Å². The fraction of sp³-hybridized carbons (Fsp3) is 0.500. The summed E-state index contributed by atoms with van der Waals surface area (Å²) in [6.45, 7) is 2.08. The van der Waals surface area contributed by atoms with Crippen molar-refractivity contribution in [1.82, 2.24) is 25.5 Å². The largest absolute Gasteiger partial charge is 0.317 e. The molecule has 0 amide bonds. The maximum Gasteiger partial charge on any atom is 0.214 e. The second-order valence-corrected chi connectivity index (χ2v) is 4.84. The van der Waals surface area contributed by atoms with Crippen LogP contribution in [0.2, 0.25) is 0 Å². The van der Waals surface area contributed by atoms with Crippen LogP contribution in [0.1, 0.15) is 18.9 Å². The topological polar surface area (TPSA) is 55.6 Å². The van der Waals surface area contributed by atoms with Gasteiger partial charge in [0.25, 0.3) is 0 Å². The van der Waals surface area contributed by atoms with Crippen LogP contribution in [-0.2, 0) is 0 Å². The molecule has 3 heterocycles. The van der Waals surface area contributed by atoms with Crippen molar-refractivity contribution in [2.24, 2.45) is 0 Å². The van der Waals surface area contributed by atoms with Crippen LogP contribution in [0.5, 0.6) is 0 Å². The van der Waals surface area contributed by atoms with Gasteiger partial charge in [0.2, 0.25) is 5.82 Å². The third-order valence-electron chi connectivity index (χ3n) is 2.81. The summed E-state index contributed by atoms with van der Waals surface area (Å²) >= 11 is 1.65. The van der Waals surface area contributed by atoms with Crippen molar-refractivity contribution in [3.8, 4) is 10.7 Å². The Balaban J connectivity index is 1.82. The number of hydrogen-bond donors (Lipinski definition) is 1. The van der Waals surface area contributed by atoms with Gasteiger partial charge in [0.05, 0.1) is 10.9 Å². The molecule has 1 aliphatic heterocycles. The molecule has 0 saturated carbocycles. The van der Waals surface area contributed by atoms with Gasteiger partial charge in [-0.1, -0.05) is 6.07 Å². The summed E-state index contributed by atoms with van der Waals surface area (Å²) < 4.78 is 0. The Morgan fingerprint density at radius 3 is 3.00 bits per heavy atom. The summed E-state index contributed by atoms with van der Waals surface area (Å²) in [5.41, 5.74) is 0. The van der Waals surface area contributed by atoms with Crippen molar-refractivity contribution in [2.45, 2.75) is 18.9 Å². The molecule has 3 rings (SSSR count). The maximum atomic E-state index is 4.45. The van der Waals surface area contributed by atoms with Gasteiger partial charge in [-0.25, -0.2) is 0 Å². The highest BCUT2D eigenvalue weighted by Crippen LogP contribution is 2.22. The van der Waals surface area contributed by atoms with Gasteiger partial charge in [0.1, 0.15) is 0 Å². The van der Waals surface area contributed by atoms with Gasteiger partial charge < -0.3 is 5.32 Å². The zero-order valence-corrected chi connectivity index (χ0v) is 9.65. The van der Waals surface area contributed by atoms with Gasteiger partial charge in [0.15, 0.2) is 0 Å². The molecule has 0 atom stereocenters. The quantitative estimate of drug-likeness (QED) is 0.853. The number of nitrogens with one attached hydrogen (secondary N) is 1. The van der Waals surface area contributed by atoms with Crippen molar-refractivity contribution in [2.75, 3.05) is 13.1 Å². The molecule has 0 aromatic carbocycles. The lowest BCUT2D eigenvalue weighted by Crippen LogP contribution is -2.30. The lowest BCUT2D eigenvalue weighted by molar-refractivity contribution is 0.309. The molecule has 1 N–H and O–H groups in total. The first-order chi connectivity index (χ1) is 7.93. The van der Waals surface area contributed by atoms with Gasteiger partial charge in [-0.2, -0.15) is 4.80 Å². The number of rotatable bonds is 2. The van der Waals surface area contributed by atoms with Crippen molar-refractivity contribution in [1.29, 1.82) is 0 Å². The highest BCUT2D eigenvalue weighted by molar-refractivity contribution is 7.13. The first kappa shape index (κ1) is 9.92. The average molecular weight is 235 g/mol. The van der Waals surface area contributed by atoms with E-state index in [9.17, 15) is 0 Å². The van der Waals surface area contributed by atoms with E-state index < -0.39 is 0 Å². The van der Waals surface area contributed by atoms with E-state index in [4.69, 9.17) is 0 Å². The van der Waals surface area contributed by atoms with Crippen molar-refractivity contribution >= 4 is 11.3 Å². The molecular formula is C10H13N5S. The summed E-state index contributed by atoms with van der Waals surface area (Å²) in [7, 11) is 0. The molecule has 0 aliphatic carbocycles. The summed E-state index contributed by atoms with van der Waals surface area (Å²) in [5, 5.41) is 18.1. The number of piperidine rings is 1. The Kier molecular flexibility index (Phi) is 2.67. The van der Waals surface area contributed by atoms with E-state index in [-0.39, 0.29) is 0 Å². The van der Waals surface area contributed by atoms with E-state index in [2.05, 4.69) is 20.7 Å². The summed E-state index contributed by atoms with van der Waals surface area (Å²) in [5.74, 6) is 0.744. The summed E-state index contributed by atoms with van der Waals surface area (Å²) in [6.07, 6.45) is 2.17. The molecule has 0 unspecified atom stereocenters. The monoisotopic (exact) mass is 235 g/mol. The standard InChI is InChI=1S/C10H13N5S/c1-2-9(16-7-1)10-12-14-15(13-10)8-3-5-11-6-4-8/h1-2,7-8,11H,3-6H2. The molecular weight excluding hydrogens is 222 g/mol. The minimum absolute atomic E-state index is 0.405. The number of tetrazole rings is 1. The van der Waals surface area contributed by atoms with Crippen molar-refractivity contribution in [3.63, 3.8) is 0 Å². The Morgan fingerprint density at radius 2 is 2.25 bits per heavy atom. The second kappa shape index (κ2) is 4.31. The Hall–Kier alpha value is -1.27. The molecule has 5 nitrogen and oxygen atoms in total. The molecule has 0 radical (unpaired) electrons. The van der Waals surface area contributed by atoms with Crippen LogP contribution in [0, 0.1) is 0 Å². The van der Waals surface area contributed by atoms with Crippen LogP contribution in [-0.4, -0.2) is 33.3 Å². The molecule has 16 heavy (non-hydrogen) atoms. The zero-order valence-electron chi connectivity index (χ0n) is 8.83. The minimum atomic E-state index is 0.405. The predicted octanol–water partition coefficient (Wildman–Crippen LogP) is 1.33. The fourth-order valence-electron chi connectivity index (χ4n) is 1.92. The van der Waals surface area contributed by atoms with Gasteiger partial charge in [0, 0.05) is 0 Å². The van der Waals surface area contributed by atoms with E-state index in [1.54, 1.807) is 16.1 Å². The van der Waals surface area contributed by atoms with Crippen LogP contribution in [0.3, 0.4) is 0 Å². The lowest BCUT2D eigenvalue weighted by atomic mass is 10.1. The molecule has 2 aromatic rings. The first-order valence-electron chi connectivity index (χ1n) is 5.47. The highest BCUT2D eigenvalue weighted by Gasteiger charge is 2.18. The smallest absolute Gasteiger partial charge is 0.214 e. The van der Waals surface area contributed by atoms with Gasteiger partial charge in [-0.05, 0) is 42.6 Å². The average Bonchev–Trinajstić information content (AvgIpc) is 3.01. The highest BCUT2D eigenvalue weighted by atomic mass is 32.1. The summed E-state index contributed by atoms with van der Waals surface area (Å²) in [6, 6.07) is 4.43. The van der Waals surface area contributed by atoms with Crippen LogP contribution in [0.4, 0.5) is 0 Å². The zero-order chi connectivity index (χ0) is 10.8. The van der Waals surface area contributed by atoms with Crippen LogP contribution >= 0.6 is 11.3 Å². The van der Waals surface area contributed by atoms with E-state index >= 15 is 0 Å². The van der Waals surface area contributed by atoms with E-state index in [1.165, 1.54) is 0 Å². The third kappa shape index (κ3) is 1.85. The Labute approximate surface area is 97.5 Å². The normalized spacial score (nSPS) is 17.8. The first-order valence-corrected chi connectivity index (χ1v) is 6.35. The minimum Gasteiger partial charge on any atom is -0.317 e. The molecule has 0 spiro atoms. The van der Waals surface area contributed by atoms with Gasteiger partial charge in [-0.3, -0.25) is 0 Å². The molecule has 84 valence electrons. The Bertz CT molecular complexity index is 443. The molecule has 1 fully saturated rings.